The fraction of sp³-hybridized carbons (Fsp3) is 0.0526. The van der Waals surface area contributed by atoms with Gasteiger partial charge in [0.1, 0.15) is 57.4 Å². The van der Waals surface area contributed by atoms with Crippen LogP contribution in [0.2, 0.25) is 0 Å². The molecule has 2 aromatic carbocycles. The van der Waals surface area contributed by atoms with Gasteiger partial charge in [-0.25, -0.2) is 14.4 Å². The summed E-state index contributed by atoms with van der Waals surface area (Å²) in [6.07, 6.45) is 5.26. The maximum absolute atomic E-state index is 13.1. The monoisotopic (exact) mass is 369 g/mol. The Labute approximate surface area is 174 Å². The van der Waals surface area contributed by atoms with Gasteiger partial charge in [-0.15, -0.1) is 16.4 Å². The Morgan fingerprint density at radius 3 is 2.10 bits per heavy atom. The normalized spacial score (nSPS) is 11.1. The van der Waals surface area contributed by atoms with Crippen LogP contribution in [-0.2, 0) is 6.61 Å². The fourth-order valence-electron chi connectivity index (χ4n) is 2.92. The van der Waals surface area contributed by atoms with Crippen LogP contribution in [0.3, 0.4) is 0 Å². The van der Waals surface area contributed by atoms with Crippen molar-refractivity contribution < 1.29 is 9.13 Å². The summed E-state index contributed by atoms with van der Waals surface area (Å²) in [5.41, 5.74) is 2.83. The molecule has 0 atom stereocenters. The van der Waals surface area contributed by atoms with Crippen molar-refractivity contribution >= 4 is 72.3 Å². The molecule has 0 spiro atoms. The highest BCUT2D eigenvalue weighted by atomic mass is 19.1. The smallest absolute Gasteiger partial charge is 0.234 e. The zero-order valence-electron chi connectivity index (χ0n) is 15.3. The molecule has 128 valence electrons. The lowest BCUT2D eigenvalue weighted by molar-refractivity contribution is 0.307. The molecular weight excluding hydrogens is 359 g/mol. The number of hydrogen-bond acceptors (Lipinski definition) is 3. The third kappa shape index (κ3) is 3.59. The minimum absolute atomic E-state index is 0.0619. The predicted octanol–water partition coefficient (Wildman–Crippen LogP) is -1.92. The molecule has 0 unspecified atom stereocenters. The van der Waals surface area contributed by atoms with Crippen LogP contribution in [0.25, 0.3) is 16.9 Å². The summed E-state index contributed by atoms with van der Waals surface area (Å²) in [5.74, 6) is 0.338. The van der Waals surface area contributed by atoms with Gasteiger partial charge in [0.15, 0.2) is 0 Å². The van der Waals surface area contributed by atoms with Crippen molar-refractivity contribution in [1.82, 2.24) is 14.4 Å². The first-order valence-electron chi connectivity index (χ1n) is 8.59. The molecule has 0 N–H and O–H groups in total. The highest BCUT2D eigenvalue weighted by molar-refractivity contribution is 6.67. The number of aromatic nitrogens is 3. The molecule has 0 aliphatic carbocycles. The van der Waals surface area contributed by atoms with E-state index in [4.69, 9.17) is 44.0 Å². The molecule has 0 amide bonds. The summed E-state index contributed by atoms with van der Waals surface area (Å²) < 4.78 is 20.6. The van der Waals surface area contributed by atoms with Crippen LogP contribution in [0.1, 0.15) is 5.69 Å². The second-order valence-corrected chi connectivity index (χ2v) is 6.48. The number of rotatable bonds is 4. The molecule has 2 heterocycles. The molecule has 29 heavy (non-hydrogen) atoms. The van der Waals surface area contributed by atoms with Crippen molar-refractivity contribution in [1.29, 1.82) is 0 Å². The minimum Gasteiger partial charge on any atom is -0.489 e. The van der Waals surface area contributed by atoms with Crippen molar-refractivity contribution in [2.24, 2.45) is 0 Å². The number of nitrogens with zero attached hydrogens (tertiary/aromatic N) is 3. The standard InChI is InChI=1S/C19H9B5FN3O/c20-13-14(21)16(23)18(17(24)15(13)22)29-8-12-7-28-6-10(5-26-19(28)27-12)9-1-3-11(25)4-2-9/h1-7H,8H2. The third-order valence-electron chi connectivity index (χ3n) is 4.55. The SMILES string of the molecule is [B]c1c([B])c([B])c(OCc2cn3cc(-c4ccc(F)cc4)cnc3n2)c([B])c1[B]. The second kappa shape index (κ2) is 7.50. The molecule has 0 aliphatic rings. The van der Waals surface area contributed by atoms with E-state index in [1.807, 2.05) is 6.20 Å². The van der Waals surface area contributed by atoms with Crippen LogP contribution in [-0.4, -0.2) is 53.6 Å². The molecule has 4 rings (SSSR count). The predicted molar refractivity (Wildman–Crippen MR) is 116 cm³/mol. The Kier molecular flexibility index (Phi) is 5.03. The molecule has 10 radical (unpaired) electrons. The number of fused-ring (bicyclic) bond motifs is 1. The van der Waals surface area contributed by atoms with Crippen LogP contribution < -0.4 is 32.1 Å². The fourth-order valence-corrected chi connectivity index (χ4v) is 2.92. The second-order valence-electron chi connectivity index (χ2n) is 6.48. The van der Waals surface area contributed by atoms with E-state index in [1.165, 1.54) is 12.1 Å². The van der Waals surface area contributed by atoms with Crippen molar-refractivity contribution in [3.05, 3.63) is 54.4 Å². The van der Waals surface area contributed by atoms with Gasteiger partial charge in [-0.1, -0.05) is 23.1 Å². The van der Waals surface area contributed by atoms with Gasteiger partial charge in [-0.3, -0.25) is 4.40 Å². The Hall–Kier alpha value is -2.89. The number of halogens is 1. The number of benzene rings is 2. The summed E-state index contributed by atoms with van der Waals surface area (Å²) in [6.45, 7) is 0.0619. The van der Waals surface area contributed by atoms with Gasteiger partial charge in [0.25, 0.3) is 0 Å². The van der Waals surface area contributed by atoms with Crippen molar-refractivity contribution in [3.63, 3.8) is 0 Å². The largest absolute Gasteiger partial charge is 0.489 e. The minimum atomic E-state index is -0.299. The van der Waals surface area contributed by atoms with Crippen LogP contribution in [0.15, 0.2) is 42.9 Å². The van der Waals surface area contributed by atoms with Crippen molar-refractivity contribution in [2.75, 3.05) is 0 Å². The molecule has 0 aliphatic heterocycles. The summed E-state index contributed by atoms with van der Waals surface area (Å²) in [7, 11) is 29.4. The summed E-state index contributed by atoms with van der Waals surface area (Å²) in [5, 5.41) is 0. The van der Waals surface area contributed by atoms with E-state index >= 15 is 0 Å². The first kappa shape index (κ1) is 19.4. The molecule has 4 nitrogen and oxygen atoms in total. The molecule has 4 aromatic rings. The van der Waals surface area contributed by atoms with Gasteiger partial charge >= 0.3 is 0 Å². The van der Waals surface area contributed by atoms with Crippen LogP contribution in [0.5, 0.6) is 5.75 Å². The van der Waals surface area contributed by atoms with E-state index < -0.39 is 0 Å². The van der Waals surface area contributed by atoms with Gasteiger partial charge in [0.2, 0.25) is 5.78 Å². The zero-order chi connectivity index (χ0) is 20.7. The van der Waals surface area contributed by atoms with E-state index in [-0.39, 0.29) is 45.5 Å². The van der Waals surface area contributed by atoms with E-state index in [0.29, 0.717) is 11.5 Å². The maximum atomic E-state index is 13.1. The molecular formula is C19H9B5FN3O. The first-order valence-corrected chi connectivity index (χ1v) is 8.59. The van der Waals surface area contributed by atoms with Crippen LogP contribution in [0, 0.1) is 5.82 Å². The average Bonchev–Trinajstić information content (AvgIpc) is 3.13. The van der Waals surface area contributed by atoms with Crippen LogP contribution in [0.4, 0.5) is 4.39 Å². The van der Waals surface area contributed by atoms with Gasteiger partial charge in [0.05, 0.1) is 5.69 Å². The summed E-state index contributed by atoms with van der Waals surface area (Å²) in [4.78, 5) is 8.72. The van der Waals surface area contributed by atoms with Gasteiger partial charge in [-0.2, -0.15) is 0 Å². The highest BCUT2D eigenvalue weighted by Gasteiger charge is 2.13. The van der Waals surface area contributed by atoms with E-state index in [2.05, 4.69) is 9.97 Å². The van der Waals surface area contributed by atoms with Gasteiger partial charge < -0.3 is 4.74 Å². The van der Waals surface area contributed by atoms with Crippen LogP contribution >= 0.6 is 0 Å². The lowest BCUT2D eigenvalue weighted by atomic mass is 9.62. The Balaban J connectivity index is 1.61. The molecule has 10 heteroatoms. The van der Waals surface area contributed by atoms with E-state index in [1.54, 1.807) is 28.9 Å². The average molecular weight is 368 g/mol. The number of imidazole rings is 1. The molecule has 0 saturated carbocycles. The Morgan fingerprint density at radius 2 is 1.45 bits per heavy atom. The lowest BCUT2D eigenvalue weighted by Crippen LogP contribution is -2.54. The highest BCUT2D eigenvalue weighted by Crippen LogP contribution is 2.19. The van der Waals surface area contributed by atoms with E-state index in [9.17, 15) is 4.39 Å². The maximum Gasteiger partial charge on any atom is 0.234 e. The molecule has 2 aromatic heterocycles. The van der Waals surface area contributed by atoms with Gasteiger partial charge in [0, 0.05) is 24.2 Å². The van der Waals surface area contributed by atoms with Crippen molar-refractivity contribution in [3.8, 4) is 16.9 Å². The number of hydrogen-bond donors (Lipinski definition) is 0. The Morgan fingerprint density at radius 1 is 0.828 bits per heavy atom. The molecule has 0 saturated heterocycles. The topological polar surface area (TPSA) is 39.4 Å². The third-order valence-corrected chi connectivity index (χ3v) is 4.55. The molecule has 0 bridgehead atoms. The van der Waals surface area contributed by atoms with Crippen molar-refractivity contribution in [2.45, 2.75) is 6.61 Å². The lowest BCUT2D eigenvalue weighted by Gasteiger charge is -2.20. The summed E-state index contributed by atoms with van der Waals surface area (Å²) >= 11 is 0. The first-order chi connectivity index (χ1) is 13.8. The van der Waals surface area contributed by atoms with E-state index in [0.717, 1.165) is 11.1 Å². The quantitative estimate of drug-likeness (QED) is 0.395. The molecule has 0 fully saturated rings. The Bertz CT molecular complexity index is 1200. The summed E-state index contributed by atoms with van der Waals surface area (Å²) in [6, 6.07) is 6.15. The van der Waals surface area contributed by atoms with Gasteiger partial charge in [-0.05, 0) is 17.7 Å². The number of ether oxygens (including phenoxy) is 1. The zero-order valence-corrected chi connectivity index (χ0v) is 15.3.